The Bertz CT molecular complexity index is 545. The van der Waals surface area contributed by atoms with E-state index in [1.165, 1.54) is 0 Å². The van der Waals surface area contributed by atoms with Gasteiger partial charge in [0.1, 0.15) is 13.2 Å². The fraction of sp³-hybridized carbons (Fsp3) is 0.588. The number of halogens is 1. The second kappa shape index (κ2) is 7.88. The van der Waals surface area contributed by atoms with Gasteiger partial charge in [-0.2, -0.15) is 0 Å². The van der Waals surface area contributed by atoms with Crippen molar-refractivity contribution in [3.63, 3.8) is 0 Å². The van der Waals surface area contributed by atoms with Crippen molar-refractivity contribution in [3.8, 4) is 11.5 Å². The number of piperidine rings is 1. The Labute approximate surface area is 143 Å². The number of carbonyl (C=O) groups excluding carboxylic acids is 1. The van der Waals surface area contributed by atoms with Crippen LogP contribution >= 0.6 is 12.4 Å². The van der Waals surface area contributed by atoms with Gasteiger partial charge in [0.25, 0.3) is 0 Å². The van der Waals surface area contributed by atoms with Gasteiger partial charge in [0.15, 0.2) is 11.5 Å². The van der Waals surface area contributed by atoms with Gasteiger partial charge >= 0.3 is 0 Å². The Morgan fingerprint density at radius 1 is 1.30 bits per heavy atom. The Morgan fingerprint density at radius 2 is 2.09 bits per heavy atom. The highest BCUT2D eigenvalue weighted by molar-refractivity contribution is 5.85. The summed E-state index contributed by atoms with van der Waals surface area (Å²) in [4.78, 5) is 12.3. The normalized spacial score (nSPS) is 22.8. The van der Waals surface area contributed by atoms with Crippen LogP contribution in [-0.4, -0.2) is 38.8 Å². The third kappa shape index (κ3) is 4.30. The van der Waals surface area contributed by atoms with Gasteiger partial charge in [0.05, 0.1) is 5.41 Å². The summed E-state index contributed by atoms with van der Waals surface area (Å²) < 4.78 is 11.1. The standard InChI is InChI=1S/C17H24N2O3.ClH/c1-17(6-2-7-18-12-17)16(20)19-8-5-13-3-4-14-15(11-13)22-10-9-21-14;/h3-4,11,18H,2,5-10,12H2,1H3,(H,19,20);1H. The lowest BCUT2D eigenvalue weighted by molar-refractivity contribution is -0.131. The van der Waals surface area contributed by atoms with Crippen LogP contribution in [0.4, 0.5) is 0 Å². The van der Waals surface area contributed by atoms with Crippen LogP contribution in [0.15, 0.2) is 18.2 Å². The van der Waals surface area contributed by atoms with Crippen LogP contribution in [0.3, 0.4) is 0 Å². The number of amides is 1. The predicted molar refractivity (Wildman–Crippen MR) is 91.6 cm³/mol. The van der Waals surface area contributed by atoms with E-state index in [2.05, 4.69) is 10.6 Å². The molecule has 128 valence electrons. The minimum absolute atomic E-state index is 0. The zero-order valence-corrected chi connectivity index (χ0v) is 14.3. The number of hydrogen-bond acceptors (Lipinski definition) is 4. The molecule has 2 aliphatic heterocycles. The molecule has 1 atom stereocenters. The molecule has 2 N–H and O–H groups in total. The van der Waals surface area contributed by atoms with Gasteiger partial charge in [-0.15, -0.1) is 12.4 Å². The number of carbonyl (C=O) groups is 1. The van der Waals surface area contributed by atoms with Crippen LogP contribution in [0.5, 0.6) is 11.5 Å². The molecule has 6 heteroatoms. The van der Waals surface area contributed by atoms with E-state index < -0.39 is 0 Å². The molecule has 1 saturated heterocycles. The minimum Gasteiger partial charge on any atom is -0.486 e. The van der Waals surface area contributed by atoms with Crippen molar-refractivity contribution in [1.82, 2.24) is 10.6 Å². The number of rotatable bonds is 4. The summed E-state index contributed by atoms with van der Waals surface area (Å²) in [6.07, 6.45) is 2.81. The number of benzene rings is 1. The summed E-state index contributed by atoms with van der Waals surface area (Å²) in [6, 6.07) is 5.98. The van der Waals surface area contributed by atoms with Crippen LogP contribution in [0, 0.1) is 5.41 Å². The van der Waals surface area contributed by atoms with Crippen molar-refractivity contribution in [2.75, 3.05) is 32.8 Å². The summed E-state index contributed by atoms with van der Waals surface area (Å²) in [6.45, 7) is 5.67. The van der Waals surface area contributed by atoms with Gasteiger partial charge in [-0.3, -0.25) is 4.79 Å². The van der Waals surface area contributed by atoms with Crippen molar-refractivity contribution in [1.29, 1.82) is 0 Å². The summed E-state index contributed by atoms with van der Waals surface area (Å²) >= 11 is 0. The molecule has 0 spiro atoms. The van der Waals surface area contributed by atoms with E-state index in [0.717, 1.165) is 49.4 Å². The smallest absolute Gasteiger partial charge is 0.227 e. The average Bonchev–Trinajstić information content (AvgIpc) is 2.55. The van der Waals surface area contributed by atoms with Crippen LogP contribution < -0.4 is 20.1 Å². The molecule has 1 aromatic rings. The molecule has 2 aliphatic rings. The van der Waals surface area contributed by atoms with E-state index in [1.807, 2.05) is 25.1 Å². The van der Waals surface area contributed by atoms with Crippen molar-refractivity contribution in [3.05, 3.63) is 23.8 Å². The van der Waals surface area contributed by atoms with Gasteiger partial charge < -0.3 is 20.1 Å². The SMILES string of the molecule is CC1(C(=O)NCCc2ccc3c(c2)OCCO3)CCCNC1.Cl. The average molecular weight is 341 g/mol. The number of fused-ring (bicyclic) bond motifs is 1. The van der Waals surface area contributed by atoms with Gasteiger partial charge in [-0.1, -0.05) is 6.07 Å². The summed E-state index contributed by atoms with van der Waals surface area (Å²) in [5, 5.41) is 6.38. The van der Waals surface area contributed by atoms with Gasteiger partial charge in [-0.05, 0) is 50.4 Å². The second-order valence-electron chi connectivity index (χ2n) is 6.32. The van der Waals surface area contributed by atoms with Crippen LogP contribution in [0.25, 0.3) is 0 Å². The molecule has 1 fully saturated rings. The van der Waals surface area contributed by atoms with Crippen LogP contribution in [0.2, 0.25) is 0 Å². The monoisotopic (exact) mass is 340 g/mol. The first kappa shape index (κ1) is 17.9. The first-order valence-corrected chi connectivity index (χ1v) is 8.05. The maximum atomic E-state index is 12.3. The van der Waals surface area contributed by atoms with Gasteiger partial charge in [0.2, 0.25) is 5.91 Å². The molecule has 0 aliphatic carbocycles. The van der Waals surface area contributed by atoms with E-state index in [1.54, 1.807) is 0 Å². The lowest BCUT2D eigenvalue weighted by atomic mass is 9.82. The first-order chi connectivity index (χ1) is 10.7. The zero-order valence-electron chi connectivity index (χ0n) is 13.5. The molecule has 1 unspecified atom stereocenters. The molecule has 5 nitrogen and oxygen atoms in total. The van der Waals surface area contributed by atoms with Crippen LogP contribution in [-0.2, 0) is 11.2 Å². The highest BCUT2D eigenvalue weighted by Gasteiger charge is 2.34. The van der Waals surface area contributed by atoms with E-state index in [-0.39, 0.29) is 23.7 Å². The Hall–Kier alpha value is -1.46. The van der Waals surface area contributed by atoms with Crippen molar-refractivity contribution in [2.24, 2.45) is 5.41 Å². The largest absolute Gasteiger partial charge is 0.486 e. The van der Waals surface area contributed by atoms with Crippen molar-refractivity contribution >= 4 is 18.3 Å². The first-order valence-electron chi connectivity index (χ1n) is 8.05. The predicted octanol–water partition coefficient (Wildman–Crippen LogP) is 1.93. The van der Waals surface area contributed by atoms with Crippen LogP contribution in [0.1, 0.15) is 25.3 Å². The molecule has 3 rings (SSSR count). The van der Waals surface area contributed by atoms with Crippen molar-refractivity contribution in [2.45, 2.75) is 26.2 Å². The van der Waals surface area contributed by atoms with Crippen molar-refractivity contribution < 1.29 is 14.3 Å². The Morgan fingerprint density at radius 3 is 2.83 bits per heavy atom. The molecule has 23 heavy (non-hydrogen) atoms. The zero-order chi connectivity index (χ0) is 15.4. The fourth-order valence-electron chi connectivity index (χ4n) is 3.03. The molecule has 0 saturated carbocycles. The van der Waals surface area contributed by atoms with E-state index in [4.69, 9.17) is 9.47 Å². The summed E-state index contributed by atoms with van der Waals surface area (Å²) in [5.41, 5.74) is 0.877. The maximum absolute atomic E-state index is 12.3. The molecular weight excluding hydrogens is 316 g/mol. The topological polar surface area (TPSA) is 59.6 Å². The van der Waals surface area contributed by atoms with Gasteiger partial charge in [0, 0.05) is 13.1 Å². The maximum Gasteiger partial charge on any atom is 0.227 e. The van der Waals surface area contributed by atoms with Gasteiger partial charge in [-0.25, -0.2) is 0 Å². The van der Waals surface area contributed by atoms with E-state index in [0.29, 0.717) is 19.8 Å². The third-order valence-corrected chi connectivity index (χ3v) is 4.45. The number of hydrogen-bond donors (Lipinski definition) is 2. The highest BCUT2D eigenvalue weighted by atomic mass is 35.5. The second-order valence-corrected chi connectivity index (χ2v) is 6.32. The summed E-state index contributed by atoms with van der Waals surface area (Å²) in [7, 11) is 0. The third-order valence-electron chi connectivity index (χ3n) is 4.45. The minimum atomic E-state index is -0.273. The summed E-state index contributed by atoms with van der Waals surface area (Å²) in [5.74, 6) is 1.76. The molecule has 0 aromatic heterocycles. The quantitative estimate of drug-likeness (QED) is 0.879. The molecule has 1 amide bonds. The molecule has 0 bridgehead atoms. The number of ether oxygens (including phenoxy) is 2. The lowest BCUT2D eigenvalue weighted by Crippen LogP contribution is -2.49. The molecule has 0 radical (unpaired) electrons. The van der Waals surface area contributed by atoms with E-state index >= 15 is 0 Å². The highest BCUT2D eigenvalue weighted by Crippen LogP contribution is 2.31. The Kier molecular flexibility index (Phi) is 6.13. The molecule has 1 aromatic carbocycles. The van der Waals surface area contributed by atoms with E-state index in [9.17, 15) is 4.79 Å². The Balaban J connectivity index is 0.00000192. The number of nitrogens with one attached hydrogen (secondary N) is 2. The molecule has 2 heterocycles. The fourth-order valence-corrected chi connectivity index (χ4v) is 3.03. The lowest BCUT2D eigenvalue weighted by Gasteiger charge is -2.32. The molecular formula is C17H25ClN2O3.